The Labute approximate surface area is 175 Å². The number of hydrogen-bond donors (Lipinski definition) is 2. The smallest absolute Gasteiger partial charge is 0.148 e. The van der Waals surface area contributed by atoms with Crippen LogP contribution in [0.15, 0.2) is 12.1 Å². The van der Waals surface area contributed by atoms with Crippen molar-refractivity contribution in [1.29, 1.82) is 0 Å². The summed E-state index contributed by atoms with van der Waals surface area (Å²) in [4.78, 5) is 2.12. The van der Waals surface area contributed by atoms with Crippen LogP contribution in [-0.4, -0.2) is 50.2 Å². The van der Waals surface area contributed by atoms with E-state index in [4.69, 9.17) is 15.2 Å². The van der Waals surface area contributed by atoms with Crippen molar-refractivity contribution in [3.05, 3.63) is 23.5 Å². The van der Waals surface area contributed by atoms with Crippen LogP contribution in [0.1, 0.15) is 58.9 Å². The van der Waals surface area contributed by atoms with Gasteiger partial charge in [-0.05, 0) is 37.0 Å². The van der Waals surface area contributed by atoms with Gasteiger partial charge >= 0.3 is 0 Å². The lowest BCUT2D eigenvalue weighted by Crippen LogP contribution is -2.49. The van der Waals surface area contributed by atoms with Gasteiger partial charge in [0.2, 0.25) is 0 Å². The number of anilines is 2. The topological polar surface area (TPSA) is 68.0 Å². The number of aliphatic hydroxyl groups is 1. The molecule has 2 rings (SSSR count). The van der Waals surface area contributed by atoms with Crippen LogP contribution in [0.25, 0.3) is 0 Å². The molecule has 1 heterocycles. The minimum Gasteiger partial charge on any atom is -0.396 e. The van der Waals surface area contributed by atoms with E-state index in [0.717, 1.165) is 50.0 Å². The summed E-state index contributed by atoms with van der Waals surface area (Å²) < 4.78 is 25.7. The molecule has 0 aromatic heterocycles. The molecule has 0 spiro atoms. The van der Waals surface area contributed by atoms with Gasteiger partial charge in [-0.3, -0.25) is 0 Å². The molecule has 1 unspecified atom stereocenters. The number of rotatable bonds is 13. The van der Waals surface area contributed by atoms with E-state index in [1.165, 1.54) is 6.07 Å². The molecule has 0 saturated carbocycles. The number of nitrogen functional groups attached to an aromatic ring is 1. The summed E-state index contributed by atoms with van der Waals surface area (Å²) in [6.45, 7) is 11.3. The minimum atomic E-state index is -0.641. The zero-order valence-corrected chi connectivity index (χ0v) is 18.5. The number of nitrogens with two attached hydrogens (primary N) is 1. The lowest BCUT2D eigenvalue weighted by molar-refractivity contribution is 0.0287. The lowest BCUT2D eigenvalue weighted by atomic mass is 9.83. The summed E-state index contributed by atoms with van der Waals surface area (Å²) in [5.74, 6) is -0.417. The van der Waals surface area contributed by atoms with E-state index < -0.39 is 11.9 Å². The molecule has 5 nitrogen and oxygen atoms in total. The Balaban J connectivity index is 2.13. The average Bonchev–Trinajstić information content (AvgIpc) is 3.01. The first-order valence-electron chi connectivity index (χ1n) is 11.0. The fraction of sp³-hybridized carbons (Fsp3) is 0.739. The van der Waals surface area contributed by atoms with E-state index in [2.05, 4.69) is 32.6 Å². The van der Waals surface area contributed by atoms with E-state index in [0.29, 0.717) is 19.8 Å². The number of aliphatic hydroxyl groups excluding tert-OH is 1. The molecule has 1 aliphatic heterocycles. The zero-order valence-electron chi connectivity index (χ0n) is 18.5. The van der Waals surface area contributed by atoms with Crippen LogP contribution in [0, 0.1) is 11.2 Å². The van der Waals surface area contributed by atoms with Gasteiger partial charge < -0.3 is 25.2 Å². The molecule has 0 bridgehead atoms. The van der Waals surface area contributed by atoms with Crippen LogP contribution in [0.5, 0.6) is 0 Å². The lowest BCUT2D eigenvalue weighted by Gasteiger charge is -2.40. The first-order chi connectivity index (χ1) is 13.8. The maximum atomic E-state index is 14.2. The van der Waals surface area contributed by atoms with Crippen LogP contribution in [-0.2, 0) is 15.9 Å². The molecule has 29 heavy (non-hydrogen) atoms. The third-order valence-electron chi connectivity index (χ3n) is 5.68. The SMILES string of the molecule is CCCCOC[C@H](O)CN1c2cc(F)c(N)cc2CC1C(C)(C)COCCCC. The highest BCUT2D eigenvalue weighted by molar-refractivity contribution is 5.65. The van der Waals surface area contributed by atoms with Crippen molar-refractivity contribution < 1.29 is 19.0 Å². The van der Waals surface area contributed by atoms with Crippen molar-refractivity contribution in [2.45, 2.75) is 71.9 Å². The Hall–Kier alpha value is -1.37. The number of hydrogen-bond acceptors (Lipinski definition) is 5. The fourth-order valence-electron chi connectivity index (χ4n) is 3.89. The standard InChI is InChI=1S/C23H39FN2O3/c1-5-7-9-28-15-18(27)14-26-21-13-19(24)20(25)11-17(21)12-22(26)23(3,4)16-29-10-8-6-2/h11,13,18,22,27H,5-10,12,14-16,25H2,1-4H3/t18-,22?/m1/s1. The molecule has 0 radical (unpaired) electrons. The van der Waals surface area contributed by atoms with Gasteiger partial charge in [0.05, 0.1) is 25.0 Å². The van der Waals surface area contributed by atoms with Gasteiger partial charge in [0, 0.05) is 36.9 Å². The predicted octanol–water partition coefficient (Wildman–Crippen LogP) is 4.16. The number of ether oxygens (including phenoxy) is 2. The normalized spacial score (nSPS) is 17.6. The summed E-state index contributed by atoms with van der Waals surface area (Å²) in [7, 11) is 0. The molecular formula is C23H39FN2O3. The number of halogens is 1. The van der Waals surface area contributed by atoms with Crippen molar-refractivity contribution in [1.82, 2.24) is 0 Å². The molecule has 1 aromatic rings. The molecule has 2 atom stereocenters. The van der Waals surface area contributed by atoms with E-state index >= 15 is 0 Å². The quantitative estimate of drug-likeness (QED) is 0.378. The monoisotopic (exact) mass is 410 g/mol. The molecule has 6 heteroatoms. The predicted molar refractivity (Wildman–Crippen MR) is 117 cm³/mol. The highest BCUT2D eigenvalue weighted by Crippen LogP contribution is 2.41. The maximum absolute atomic E-state index is 14.2. The first kappa shape index (κ1) is 23.9. The molecule has 166 valence electrons. The van der Waals surface area contributed by atoms with Gasteiger partial charge in [-0.15, -0.1) is 0 Å². The summed E-state index contributed by atoms with van der Waals surface area (Å²) in [6.07, 6.45) is 4.30. The van der Waals surface area contributed by atoms with Crippen LogP contribution < -0.4 is 10.6 Å². The number of benzene rings is 1. The van der Waals surface area contributed by atoms with Crippen molar-refractivity contribution >= 4 is 11.4 Å². The van der Waals surface area contributed by atoms with Crippen LogP contribution in [0.3, 0.4) is 0 Å². The van der Waals surface area contributed by atoms with Gasteiger partial charge in [-0.2, -0.15) is 0 Å². The number of fused-ring (bicyclic) bond motifs is 1. The molecule has 1 aliphatic rings. The van der Waals surface area contributed by atoms with Crippen LogP contribution >= 0.6 is 0 Å². The molecule has 0 aliphatic carbocycles. The summed E-state index contributed by atoms with van der Waals surface area (Å²) in [6, 6.07) is 3.32. The Morgan fingerprint density at radius 1 is 1.21 bits per heavy atom. The number of nitrogens with zero attached hydrogens (tertiary/aromatic N) is 1. The second kappa shape index (κ2) is 11.1. The Bertz CT molecular complexity index is 639. The maximum Gasteiger partial charge on any atom is 0.148 e. The molecule has 1 aromatic carbocycles. The average molecular weight is 411 g/mol. The summed E-state index contributed by atoms with van der Waals surface area (Å²) in [5.41, 5.74) is 7.66. The van der Waals surface area contributed by atoms with Gasteiger partial charge in [0.25, 0.3) is 0 Å². The third kappa shape index (κ3) is 6.56. The van der Waals surface area contributed by atoms with Crippen molar-refractivity contribution in [3.63, 3.8) is 0 Å². The highest BCUT2D eigenvalue weighted by Gasteiger charge is 2.41. The molecule has 0 saturated heterocycles. The number of β-amino-alcohol motifs (C(OH)–C–C–N with tert-alkyl or cyclic N) is 1. The van der Waals surface area contributed by atoms with E-state index in [-0.39, 0.29) is 23.8 Å². The van der Waals surface area contributed by atoms with Gasteiger partial charge in [-0.25, -0.2) is 4.39 Å². The van der Waals surface area contributed by atoms with E-state index in [9.17, 15) is 9.50 Å². The molecule has 0 amide bonds. The number of unbranched alkanes of at least 4 members (excludes halogenated alkanes) is 2. The molecular weight excluding hydrogens is 371 g/mol. The largest absolute Gasteiger partial charge is 0.396 e. The minimum absolute atomic E-state index is 0.0885. The van der Waals surface area contributed by atoms with Crippen LogP contribution in [0.2, 0.25) is 0 Å². The Morgan fingerprint density at radius 3 is 2.52 bits per heavy atom. The zero-order chi connectivity index (χ0) is 21.4. The van der Waals surface area contributed by atoms with Crippen molar-refractivity contribution in [3.8, 4) is 0 Å². The first-order valence-corrected chi connectivity index (χ1v) is 11.0. The fourth-order valence-corrected chi connectivity index (χ4v) is 3.89. The van der Waals surface area contributed by atoms with Gasteiger partial charge in [0.15, 0.2) is 0 Å². The Morgan fingerprint density at radius 2 is 1.86 bits per heavy atom. The van der Waals surface area contributed by atoms with Gasteiger partial charge in [-0.1, -0.05) is 40.5 Å². The second-order valence-electron chi connectivity index (χ2n) is 8.85. The van der Waals surface area contributed by atoms with E-state index in [1.54, 1.807) is 6.07 Å². The molecule has 3 N–H and O–H groups in total. The Kier molecular flexibility index (Phi) is 9.18. The van der Waals surface area contributed by atoms with E-state index in [1.807, 2.05) is 0 Å². The van der Waals surface area contributed by atoms with Crippen molar-refractivity contribution in [2.24, 2.45) is 5.41 Å². The van der Waals surface area contributed by atoms with Crippen molar-refractivity contribution in [2.75, 3.05) is 43.6 Å². The second-order valence-corrected chi connectivity index (χ2v) is 8.85. The van der Waals surface area contributed by atoms with Crippen LogP contribution in [0.4, 0.5) is 15.8 Å². The summed E-state index contributed by atoms with van der Waals surface area (Å²) in [5, 5.41) is 10.6. The highest BCUT2D eigenvalue weighted by atomic mass is 19.1. The van der Waals surface area contributed by atoms with Gasteiger partial charge in [0.1, 0.15) is 5.82 Å². The summed E-state index contributed by atoms with van der Waals surface area (Å²) >= 11 is 0. The third-order valence-corrected chi connectivity index (χ3v) is 5.68. The molecule has 0 fully saturated rings.